The van der Waals surface area contributed by atoms with E-state index < -0.39 is 18.4 Å². The zero-order valence-corrected chi connectivity index (χ0v) is 13.8. The minimum absolute atomic E-state index is 0.221. The first-order valence-corrected chi connectivity index (χ1v) is 8.02. The summed E-state index contributed by atoms with van der Waals surface area (Å²) in [5.41, 5.74) is 2.01. The topological polar surface area (TPSA) is 79.6 Å². The zero-order valence-electron chi connectivity index (χ0n) is 13.0. The fraction of sp³-hybridized carbons (Fsp3) is 0.312. The third-order valence-corrected chi connectivity index (χ3v) is 5.21. The number of aliphatic carboxylic acids is 1. The molecule has 1 N–H and O–H groups in total. The number of carbonyl (C=O) groups is 2. The number of aryl methyl sites for hydroxylation is 1. The maximum atomic E-state index is 12.8. The SMILES string of the molecule is Cc1cc2c(c(=O)n1C)-c1sccc1C(C)C(=O)N2CC(=O)O. The average molecular weight is 332 g/mol. The molecule has 0 aromatic carbocycles. The molecule has 3 heterocycles. The van der Waals surface area contributed by atoms with Gasteiger partial charge in [-0.25, -0.2) is 0 Å². The van der Waals surface area contributed by atoms with Crippen molar-refractivity contribution in [3.63, 3.8) is 0 Å². The van der Waals surface area contributed by atoms with E-state index in [4.69, 9.17) is 0 Å². The van der Waals surface area contributed by atoms with E-state index in [0.29, 0.717) is 16.9 Å². The highest BCUT2D eigenvalue weighted by atomic mass is 32.1. The Hall–Kier alpha value is -2.41. The Morgan fingerprint density at radius 3 is 2.74 bits per heavy atom. The zero-order chi connectivity index (χ0) is 16.9. The van der Waals surface area contributed by atoms with Crippen molar-refractivity contribution in [1.82, 2.24) is 4.57 Å². The minimum Gasteiger partial charge on any atom is -0.480 e. The second-order valence-corrected chi connectivity index (χ2v) is 6.57. The fourth-order valence-corrected chi connectivity index (χ4v) is 3.92. The molecule has 0 fully saturated rings. The number of anilines is 1. The van der Waals surface area contributed by atoms with Crippen LogP contribution in [0.25, 0.3) is 10.4 Å². The van der Waals surface area contributed by atoms with Gasteiger partial charge in [-0.3, -0.25) is 19.3 Å². The molecule has 0 radical (unpaired) electrons. The average Bonchev–Trinajstić information content (AvgIpc) is 2.94. The Kier molecular flexibility index (Phi) is 3.60. The quantitative estimate of drug-likeness (QED) is 0.912. The van der Waals surface area contributed by atoms with Crippen LogP contribution in [0.15, 0.2) is 22.3 Å². The Bertz CT molecular complexity index is 881. The molecule has 120 valence electrons. The van der Waals surface area contributed by atoms with Crippen LogP contribution in [0.4, 0.5) is 5.69 Å². The van der Waals surface area contributed by atoms with E-state index in [-0.39, 0.29) is 11.5 Å². The van der Waals surface area contributed by atoms with E-state index in [1.54, 1.807) is 27.0 Å². The first-order chi connectivity index (χ1) is 10.8. The van der Waals surface area contributed by atoms with E-state index in [1.807, 2.05) is 11.4 Å². The van der Waals surface area contributed by atoms with Crippen LogP contribution in [0.3, 0.4) is 0 Å². The van der Waals surface area contributed by atoms with Gasteiger partial charge in [0.05, 0.1) is 17.2 Å². The Labute approximate surface area is 136 Å². The van der Waals surface area contributed by atoms with Crippen molar-refractivity contribution in [3.05, 3.63) is 39.1 Å². The summed E-state index contributed by atoms with van der Waals surface area (Å²) in [5, 5.41) is 11.0. The van der Waals surface area contributed by atoms with Crippen molar-refractivity contribution in [1.29, 1.82) is 0 Å². The molecular weight excluding hydrogens is 316 g/mol. The summed E-state index contributed by atoms with van der Waals surface area (Å²) >= 11 is 1.40. The third-order valence-electron chi connectivity index (χ3n) is 4.26. The number of hydrogen-bond acceptors (Lipinski definition) is 4. The van der Waals surface area contributed by atoms with Gasteiger partial charge in [0.15, 0.2) is 0 Å². The summed E-state index contributed by atoms with van der Waals surface area (Å²) in [6, 6.07) is 3.54. The maximum Gasteiger partial charge on any atom is 0.323 e. The van der Waals surface area contributed by atoms with Crippen LogP contribution in [0, 0.1) is 6.92 Å². The fourth-order valence-electron chi connectivity index (χ4n) is 2.88. The highest BCUT2D eigenvalue weighted by molar-refractivity contribution is 7.13. The summed E-state index contributed by atoms with van der Waals surface area (Å²) in [7, 11) is 1.67. The maximum absolute atomic E-state index is 12.8. The largest absolute Gasteiger partial charge is 0.480 e. The number of aromatic nitrogens is 1. The van der Waals surface area contributed by atoms with Crippen molar-refractivity contribution in [2.24, 2.45) is 7.05 Å². The number of rotatable bonds is 2. The first kappa shape index (κ1) is 15.5. The van der Waals surface area contributed by atoms with Crippen molar-refractivity contribution in [2.45, 2.75) is 19.8 Å². The lowest BCUT2D eigenvalue weighted by molar-refractivity contribution is -0.136. The number of pyridine rings is 1. The van der Waals surface area contributed by atoms with E-state index in [0.717, 1.165) is 10.4 Å². The molecule has 0 bridgehead atoms. The van der Waals surface area contributed by atoms with Crippen LogP contribution >= 0.6 is 11.3 Å². The molecule has 0 saturated heterocycles. The van der Waals surface area contributed by atoms with Crippen molar-refractivity contribution in [3.8, 4) is 10.4 Å². The van der Waals surface area contributed by atoms with E-state index in [9.17, 15) is 19.5 Å². The molecule has 2 aromatic rings. The number of thiophene rings is 1. The summed E-state index contributed by atoms with van der Waals surface area (Å²) in [4.78, 5) is 38.7. The summed E-state index contributed by atoms with van der Waals surface area (Å²) < 4.78 is 1.52. The second kappa shape index (κ2) is 5.34. The summed E-state index contributed by atoms with van der Waals surface area (Å²) in [6.07, 6.45) is 0. The number of nitrogens with zero attached hydrogens (tertiary/aromatic N) is 2. The van der Waals surface area contributed by atoms with Crippen molar-refractivity contribution in [2.75, 3.05) is 11.4 Å². The highest BCUT2D eigenvalue weighted by Crippen LogP contribution is 2.42. The molecule has 7 heteroatoms. The molecule has 0 spiro atoms. The summed E-state index contributed by atoms with van der Waals surface area (Å²) in [6.45, 7) is 3.04. The molecule has 6 nitrogen and oxygen atoms in total. The molecule has 2 aromatic heterocycles. The van der Waals surface area contributed by atoms with E-state index in [1.165, 1.54) is 20.8 Å². The van der Waals surface area contributed by atoms with Gasteiger partial charge in [-0.05, 0) is 36.9 Å². The number of amides is 1. The van der Waals surface area contributed by atoms with Crippen LogP contribution in [-0.2, 0) is 16.6 Å². The van der Waals surface area contributed by atoms with Crippen LogP contribution in [0.1, 0.15) is 24.1 Å². The predicted octanol–water partition coefficient (Wildman–Crippen LogP) is 1.96. The number of fused-ring (bicyclic) bond motifs is 3. The van der Waals surface area contributed by atoms with Crippen LogP contribution in [-0.4, -0.2) is 28.1 Å². The van der Waals surface area contributed by atoms with Gasteiger partial charge in [0.1, 0.15) is 6.54 Å². The molecule has 23 heavy (non-hydrogen) atoms. The van der Waals surface area contributed by atoms with Crippen molar-refractivity contribution < 1.29 is 14.7 Å². The van der Waals surface area contributed by atoms with Gasteiger partial charge >= 0.3 is 5.97 Å². The predicted molar refractivity (Wildman–Crippen MR) is 88.1 cm³/mol. The third kappa shape index (κ3) is 2.28. The normalized spacial score (nSPS) is 16.7. The van der Waals surface area contributed by atoms with Crippen LogP contribution in [0.5, 0.6) is 0 Å². The van der Waals surface area contributed by atoms with Gasteiger partial charge in [0.2, 0.25) is 5.91 Å². The van der Waals surface area contributed by atoms with Gasteiger partial charge in [0.25, 0.3) is 5.56 Å². The second-order valence-electron chi connectivity index (χ2n) is 5.66. The summed E-state index contributed by atoms with van der Waals surface area (Å²) in [5.74, 6) is -1.91. The molecule has 0 saturated carbocycles. The highest BCUT2D eigenvalue weighted by Gasteiger charge is 2.35. The van der Waals surface area contributed by atoms with Gasteiger partial charge in [-0.2, -0.15) is 0 Å². The molecule has 1 aliphatic heterocycles. The molecule has 1 unspecified atom stereocenters. The molecule has 1 amide bonds. The van der Waals surface area contributed by atoms with Gasteiger partial charge < -0.3 is 9.67 Å². The van der Waals surface area contributed by atoms with Crippen molar-refractivity contribution >= 4 is 28.9 Å². The lowest BCUT2D eigenvalue weighted by Gasteiger charge is -2.23. The van der Waals surface area contributed by atoms with Gasteiger partial charge in [-0.1, -0.05) is 0 Å². The Balaban J connectivity index is 2.40. The smallest absolute Gasteiger partial charge is 0.323 e. The van der Waals surface area contributed by atoms with E-state index >= 15 is 0 Å². The van der Waals surface area contributed by atoms with Crippen LogP contribution in [0.2, 0.25) is 0 Å². The molecule has 1 atom stereocenters. The number of carboxylic acid groups (broad SMARTS) is 1. The van der Waals surface area contributed by atoms with E-state index in [2.05, 4.69) is 0 Å². The van der Waals surface area contributed by atoms with Gasteiger partial charge in [0, 0.05) is 17.6 Å². The number of carboxylic acids is 1. The lowest BCUT2D eigenvalue weighted by atomic mass is 10.0. The number of hydrogen-bond donors (Lipinski definition) is 1. The molecule has 1 aliphatic rings. The Morgan fingerprint density at radius 2 is 2.09 bits per heavy atom. The molecule has 0 aliphatic carbocycles. The first-order valence-electron chi connectivity index (χ1n) is 7.14. The number of carbonyl (C=O) groups excluding carboxylic acids is 1. The minimum atomic E-state index is -1.11. The monoisotopic (exact) mass is 332 g/mol. The molecular formula is C16H16N2O4S. The van der Waals surface area contributed by atoms with Gasteiger partial charge in [-0.15, -0.1) is 11.3 Å². The molecule has 3 rings (SSSR count). The van der Waals surface area contributed by atoms with Crippen LogP contribution < -0.4 is 10.5 Å². The standard InChI is InChI=1S/C16H16N2O4S/c1-8-6-11-13(16(22)17(8)3)14-10(4-5-23-14)9(2)15(21)18(11)7-12(19)20/h4-6,9H,7H2,1-3H3,(H,19,20). The Morgan fingerprint density at radius 1 is 1.39 bits per heavy atom. The lowest BCUT2D eigenvalue weighted by Crippen LogP contribution is -2.38.